The van der Waals surface area contributed by atoms with Gasteiger partial charge in [0.15, 0.2) is 6.10 Å². The highest BCUT2D eigenvalue weighted by Crippen LogP contribution is 2.39. The van der Waals surface area contributed by atoms with Crippen molar-refractivity contribution in [2.24, 2.45) is 28.6 Å². The molecule has 0 radical (unpaired) electrons. The van der Waals surface area contributed by atoms with Gasteiger partial charge in [0.2, 0.25) is 0 Å². The summed E-state index contributed by atoms with van der Waals surface area (Å²) in [7, 11) is 0. The van der Waals surface area contributed by atoms with Crippen molar-refractivity contribution in [3.8, 4) is 0 Å². The number of hydrogen-bond acceptors (Lipinski definition) is 4. The molecule has 2 aliphatic rings. The van der Waals surface area contributed by atoms with Crippen molar-refractivity contribution in [1.82, 2.24) is 0 Å². The van der Waals surface area contributed by atoms with Crippen LogP contribution >= 0.6 is 0 Å². The van der Waals surface area contributed by atoms with Gasteiger partial charge in [0.1, 0.15) is 0 Å². The molecular formula is C10H16N2O3. The van der Waals surface area contributed by atoms with E-state index in [-0.39, 0.29) is 24.0 Å². The van der Waals surface area contributed by atoms with Gasteiger partial charge < -0.3 is 15.7 Å². The second-order valence-electron chi connectivity index (χ2n) is 4.61. The molecule has 2 rings (SSSR count). The number of aliphatic carboxylic acids is 1. The Morgan fingerprint density at radius 2 is 2.33 bits per heavy atom. The molecule has 0 aromatic carbocycles. The lowest BCUT2D eigenvalue weighted by molar-refractivity contribution is -0.145. The van der Waals surface area contributed by atoms with E-state index in [4.69, 9.17) is 15.7 Å². The molecular weight excluding hydrogens is 196 g/mol. The minimum atomic E-state index is -0.835. The van der Waals surface area contributed by atoms with Gasteiger partial charge >= 0.3 is 5.97 Å². The molecule has 4 atom stereocenters. The predicted molar refractivity (Wildman–Crippen MR) is 54.4 cm³/mol. The van der Waals surface area contributed by atoms with Gasteiger partial charge in [0.05, 0.1) is 17.5 Å². The van der Waals surface area contributed by atoms with Crippen LogP contribution in [0.2, 0.25) is 0 Å². The van der Waals surface area contributed by atoms with Crippen LogP contribution in [-0.2, 0) is 9.63 Å². The summed E-state index contributed by atoms with van der Waals surface area (Å²) < 4.78 is 0. The molecule has 1 fully saturated rings. The highest BCUT2D eigenvalue weighted by atomic mass is 16.6. The van der Waals surface area contributed by atoms with E-state index < -0.39 is 11.9 Å². The average Bonchev–Trinajstić information content (AvgIpc) is 2.66. The van der Waals surface area contributed by atoms with Crippen molar-refractivity contribution in [1.29, 1.82) is 0 Å². The molecule has 1 heterocycles. The van der Waals surface area contributed by atoms with Crippen LogP contribution in [0, 0.1) is 17.8 Å². The van der Waals surface area contributed by atoms with Crippen molar-refractivity contribution in [3.05, 3.63) is 0 Å². The molecule has 1 saturated carbocycles. The summed E-state index contributed by atoms with van der Waals surface area (Å²) in [6.45, 7) is 4.04. The Kier molecular flexibility index (Phi) is 2.42. The zero-order valence-electron chi connectivity index (χ0n) is 8.88. The van der Waals surface area contributed by atoms with Crippen molar-refractivity contribution >= 4 is 11.7 Å². The van der Waals surface area contributed by atoms with Gasteiger partial charge in [-0.25, -0.2) is 0 Å². The minimum Gasteiger partial charge on any atom is -0.481 e. The first-order valence-corrected chi connectivity index (χ1v) is 5.24. The Labute approximate surface area is 88.3 Å². The van der Waals surface area contributed by atoms with E-state index in [9.17, 15) is 4.79 Å². The van der Waals surface area contributed by atoms with E-state index in [1.165, 1.54) is 0 Å². The standard InChI is InChI=1S/C10H16N2O3/c1-4(2)8-7-6(11)3-5(10(13)14)9(7)15-12-8/h4-7,9H,3,11H2,1-2H3,(H,13,14). The number of carboxylic acid groups (broad SMARTS) is 1. The fourth-order valence-electron chi connectivity index (χ4n) is 2.51. The first-order chi connectivity index (χ1) is 7.02. The van der Waals surface area contributed by atoms with E-state index in [1.54, 1.807) is 0 Å². The zero-order chi connectivity index (χ0) is 11.2. The number of nitrogens with zero attached hydrogens (tertiary/aromatic N) is 1. The summed E-state index contributed by atoms with van der Waals surface area (Å²) in [6.07, 6.45) is 0.131. The van der Waals surface area contributed by atoms with Gasteiger partial charge in [-0.15, -0.1) is 0 Å². The average molecular weight is 212 g/mol. The molecule has 15 heavy (non-hydrogen) atoms. The van der Waals surface area contributed by atoms with Crippen LogP contribution in [-0.4, -0.2) is 28.9 Å². The Bertz CT molecular complexity index is 314. The lowest BCUT2D eigenvalue weighted by Gasteiger charge is -2.16. The molecule has 4 unspecified atom stereocenters. The van der Waals surface area contributed by atoms with Gasteiger partial charge in [-0.1, -0.05) is 19.0 Å². The smallest absolute Gasteiger partial charge is 0.310 e. The molecule has 0 spiro atoms. The largest absolute Gasteiger partial charge is 0.481 e. The summed E-state index contributed by atoms with van der Waals surface area (Å²) in [5.41, 5.74) is 6.87. The zero-order valence-corrected chi connectivity index (χ0v) is 8.88. The monoisotopic (exact) mass is 212 g/mol. The molecule has 0 saturated heterocycles. The van der Waals surface area contributed by atoms with Crippen molar-refractivity contribution in [3.63, 3.8) is 0 Å². The first-order valence-electron chi connectivity index (χ1n) is 5.24. The highest BCUT2D eigenvalue weighted by Gasteiger charge is 2.52. The molecule has 0 bridgehead atoms. The molecule has 5 heteroatoms. The van der Waals surface area contributed by atoms with Crippen LogP contribution in [0.5, 0.6) is 0 Å². The number of carboxylic acids is 1. The SMILES string of the molecule is CC(C)C1=NOC2C(C(=O)O)CC(N)C12. The molecule has 0 amide bonds. The summed E-state index contributed by atoms with van der Waals surface area (Å²) >= 11 is 0. The Balaban J connectivity index is 2.21. The van der Waals surface area contributed by atoms with E-state index in [2.05, 4.69) is 5.16 Å². The Morgan fingerprint density at radius 3 is 2.87 bits per heavy atom. The number of rotatable bonds is 2. The molecule has 0 aromatic heterocycles. The fraction of sp³-hybridized carbons (Fsp3) is 0.800. The maximum absolute atomic E-state index is 11.0. The van der Waals surface area contributed by atoms with Crippen LogP contribution in [0.4, 0.5) is 0 Å². The van der Waals surface area contributed by atoms with E-state index in [0.29, 0.717) is 6.42 Å². The maximum atomic E-state index is 11.0. The van der Waals surface area contributed by atoms with Gasteiger partial charge in [0.25, 0.3) is 0 Å². The van der Waals surface area contributed by atoms with Crippen LogP contribution < -0.4 is 5.73 Å². The van der Waals surface area contributed by atoms with Gasteiger partial charge in [0, 0.05) is 6.04 Å². The molecule has 3 N–H and O–H groups in total. The van der Waals surface area contributed by atoms with Crippen molar-refractivity contribution in [2.75, 3.05) is 0 Å². The van der Waals surface area contributed by atoms with E-state index in [0.717, 1.165) is 5.71 Å². The quantitative estimate of drug-likeness (QED) is 0.695. The summed E-state index contributed by atoms with van der Waals surface area (Å²) in [4.78, 5) is 16.2. The van der Waals surface area contributed by atoms with Gasteiger partial charge in [-0.2, -0.15) is 0 Å². The molecule has 0 aromatic rings. The second-order valence-corrected chi connectivity index (χ2v) is 4.61. The molecule has 5 nitrogen and oxygen atoms in total. The Hall–Kier alpha value is -1.10. The lowest BCUT2D eigenvalue weighted by Crippen LogP contribution is -2.36. The number of carbonyl (C=O) groups is 1. The minimum absolute atomic E-state index is 0.00824. The summed E-state index contributed by atoms with van der Waals surface area (Å²) in [6, 6.07) is -0.139. The van der Waals surface area contributed by atoms with Crippen LogP contribution in [0.25, 0.3) is 0 Å². The number of fused-ring (bicyclic) bond motifs is 1. The first kappa shape index (κ1) is 10.4. The predicted octanol–water partition coefficient (Wildman–Crippen LogP) is 0.445. The van der Waals surface area contributed by atoms with Crippen LogP contribution in [0.3, 0.4) is 0 Å². The third-order valence-electron chi connectivity index (χ3n) is 3.27. The number of nitrogens with two attached hydrogens (primary N) is 1. The molecule has 84 valence electrons. The molecule has 1 aliphatic carbocycles. The molecule has 1 aliphatic heterocycles. The summed E-state index contributed by atoms with van der Waals surface area (Å²) in [5, 5.41) is 13.0. The van der Waals surface area contributed by atoms with Gasteiger partial charge in [-0.05, 0) is 12.3 Å². The van der Waals surface area contributed by atoms with E-state index in [1.807, 2.05) is 13.8 Å². The Morgan fingerprint density at radius 1 is 1.67 bits per heavy atom. The summed E-state index contributed by atoms with van der Waals surface area (Å²) in [5.74, 6) is -1.09. The van der Waals surface area contributed by atoms with Crippen molar-refractivity contribution < 1.29 is 14.7 Å². The highest BCUT2D eigenvalue weighted by molar-refractivity contribution is 5.91. The fourth-order valence-corrected chi connectivity index (χ4v) is 2.51. The second kappa shape index (κ2) is 3.48. The van der Waals surface area contributed by atoms with Crippen molar-refractivity contribution in [2.45, 2.75) is 32.4 Å². The third kappa shape index (κ3) is 1.51. The van der Waals surface area contributed by atoms with Gasteiger partial charge in [-0.3, -0.25) is 4.79 Å². The third-order valence-corrected chi connectivity index (χ3v) is 3.27. The number of hydrogen-bond donors (Lipinski definition) is 2. The maximum Gasteiger partial charge on any atom is 0.310 e. The topological polar surface area (TPSA) is 84.9 Å². The normalized spacial score (nSPS) is 38.8. The van der Waals surface area contributed by atoms with Crippen LogP contribution in [0.1, 0.15) is 20.3 Å². The van der Waals surface area contributed by atoms with Crippen LogP contribution in [0.15, 0.2) is 5.16 Å². The van der Waals surface area contributed by atoms with E-state index >= 15 is 0 Å². The number of oxime groups is 1. The lowest BCUT2D eigenvalue weighted by atomic mass is 9.89.